The monoisotopic (exact) mass is 301 g/mol. The average Bonchev–Trinajstić information content (AvgIpc) is 2.85. The molecule has 0 aromatic heterocycles. The van der Waals surface area contributed by atoms with E-state index >= 15 is 0 Å². The molecule has 0 radical (unpaired) electrons. The number of carbonyl (C=O) groups excluding carboxylic acids is 1. The predicted octanol–water partition coefficient (Wildman–Crippen LogP) is 3.82. The molecule has 0 amide bonds. The van der Waals surface area contributed by atoms with Gasteiger partial charge in [-0.1, -0.05) is 35.9 Å². The van der Waals surface area contributed by atoms with Crippen LogP contribution in [0.2, 0.25) is 5.02 Å². The molecule has 3 rings (SSSR count). The number of carbonyl (C=O) groups is 1. The summed E-state index contributed by atoms with van der Waals surface area (Å²) in [5, 5.41) is 0.207. The highest BCUT2D eigenvalue weighted by atomic mass is 35.5. The van der Waals surface area contributed by atoms with Crippen LogP contribution >= 0.6 is 11.6 Å². The fraction of sp³-hybridized carbons (Fsp3) is 0. The molecule has 21 heavy (non-hydrogen) atoms. The van der Waals surface area contributed by atoms with Gasteiger partial charge in [0.05, 0.1) is 5.02 Å². The van der Waals surface area contributed by atoms with E-state index in [-0.39, 0.29) is 22.2 Å². The number of rotatable bonds is 2. The average molecular weight is 302 g/mol. The van der Waals surface area contributed by atoms with Crippen LogP contribution in [0.3, 0.4) is 0 Å². The van der Waals surface area contributed by atoms with Crippen LogP contribution in [0.15, 0.2) is 59.2 Å². The topological polar surface area (TPSA) is 38.7 Å². The summed E-state index contributed by atoms with van der Waals surface area (Å²) >= 11 is 5.92. The molecule has 104 valence electrons. The molecule has 1 heterocycles. The standard InChI is InChI=1S/C16H9ClFNO2/c17-12-7-4-8-13(18)11(12)9-14-16(20)21-15(19-14)10-5-2-1-3-6-10/h1-9H. The van der Waals surface area contributed by atoms with Gasteiger partial charge in [0.15, 0.2) is 5.70 Å². The van der Waals surface area contributed by atoms with Crippen molar-refractivity contribution in [3.63, 3.8) is 0 Å². The van der Waals surface area contributed by atoms with E-state index in [0.717, 1.165) is 0 Å². The molecule has 0 spiro atoms. The molecule has 0 saturated carbocycles. The van der Waals surface area contributed by atoms with Crippen LogP contribution in [0.5, 0.6) is 0 Å². The van der Waals surface area contributed by atoms with Crippen molar-refractivity contribution in [2.45, 2.75) is 0 Å². The highest BCUT2D eigenvalue weighted by molar-refractivity contribution is 6.32. The molecule has 3 nitrogen and oxygen atoms in total. The summed E-state index contributed by atoms with van der Waals surface area (Å²) in [6, 6.07) is 13.3. The van der Waals surface area contributed by atoms with Gasteiger partial charge in [-0.15, -0.1) is 0 Å². The summed E-state index contributed by atoms with van der Waals surface area (Å²) < 4.78 is 18.8. The summed E-state index contributed by atoms with van der Waals surface area (Å²) in [5.74, 6) is -0.960. The Balaban J connectivity index is 2.01. The van der Waals surface area contributed by atoms with Gasteiger partial charge >= 0.3 is 5.97 Å². The predicted molar refractivity (Wildman–Crippen MR) is 78.5 cm³/mol. The molecule has 0 N–H and O–H groups in total. The second-order valence-corrected chi connectivity index (χ2v) is 4.74. The van der Waals surface area contributed by atoms with Crippen molar-refractivity contribution in [1.82, 2.24) is 0 Å². The molecule has 1 aliphatic heterocycles. The number of hydrogen-bond donors (Lipinski definition) is 0. The third kappa shape index (κ3) is 2.71. The van der Waals surface area contributed by atoms with Crippen molar-refractivity contribution in [3.8, 4) is 0 Å². The minimum Gasteiger partial charge on any atom is -0.402 e. The fourth-order valence-corrected chi connectivity index (χ4v) is 2.12. The third-order valence-corrected chi connectivity index (χ3v) is 3.25. The van der Waals surface area contributed by atoms with E-state index in [4.69, 9.17) is 16.3 Å². The van der Waals surface area contributed by atoms with Crippen molar-refractivity contribution in [3.05, 3.63) is 76.2 Å². The first-order chi connectivity index (χ1) is 10.1. The SMILES string of the molecule is O=C1OC(c2ccccc2)=NC1=Cc1c(F)cccc1Cl. The van der Waals surface area contributed by atoms with E-state index in [2.05, 4.69) is 4.99 Å². The lowest BCUT2D eigenvalue weighted by molar-refractivity contribution is -0.129. The van der Waals surface area contributed by atoms with Gasteiger partial charge in [-0.3, -0.25) is 0 Å². The number of nitrogens with zero attached hydrogens (tertiary/aromatic N) is 1. The molecular weight excluding hydrogens is 293 g/mol. The Labute approximate surface area is 125 Å². The number of cyclic esters (lactones) is 1. The molecule has 0 fully saturated rings. The van der Waals surface area contributed by atoms with Crippen LogP contribution in [0.25, 0.3) is 6.08 Å². The molecule has 2 aromatic rings. The second kappa shape index (κ2) is 5.50. The summed E-state index contributed by atoms with van der Waals surface area (Å²) in [5.41, 5.74) is 0.805. The summed E-state index contributed by atoms with van der Waals surface area (Å²) in [6.07, 6.45) is 1.29. The van der Waals surface area contributed by atoms with Crippen LogP contribution < -0.4 is 0 Å². The lowest BCUT2D eigenvalue weighted by atomic mass is 10.2. The Morgan fingerprint density at radius 2 is 1.86 bits per heavy atom. The van der Waals surface area contributed by atoms with Crippen LogP contribution in [0.4, 0.5) is 4.39 Å². The van der Waals surface area contributed by atoms with Crippen molar-refractivity contribution >= 4 is 29.5 Å². The molecule has 0 unspecified atom stereocenters. The maximum Gasteiger partial charge on any atom is 0.363 e. The first-order valence-electron chi connectivity index (χ1n) is 6.17. The number of benzene rings is 2. The van der Waals surface area contributed by atoms with Gasteiger partial charge in [-0.25, -0.2) is 14.2 Å². The quantitative estimate of drug-likeness (QED) is 0.625. The van der Waals surface area contributed by atoms with Gasteiger partial charge in [-0.05, 0) is 30.3 Å². The van der Waals surface area contributed by atoms with Crippen LogP contribution in [-0.2, 0) is 9.53 Å². The van der Waals surface area contributed by atoms with Crippen molar-refractivity contribution in [2.24, 2.45) is 4.99 Å². The van der Waals surface area contributed by atoms with E-state index < -0.39 is 11.8 Å². The van der Waals surface area contributed by atoms with Gasteiger partial charge in [-0.2, -0.15) is 0 Å². The highest BCUT2D eigenvalue weighted by Gasteiger charge is 2.24. The van der Waals surface area contributed by atoms with Crippen LogP contribution in [0.1, 0.15) is 11.1 Å². The summed E-state index contributed by atoms with van der Waals surface area (Å²) in [4.78, 5) is 15.9. The Hall–Kier alpha value is -2.46. The minimum absolute atomic E-state index is 0.0147. The number of ether oxygens (including phenoxy) is 1. The van der Waals surface area contributed by atoms with E-state index in [1.54, 1.807) is 30.3 Å². The zero-order valence-corrected chi connectivity index (χ0v) is 11.5. The molecule has 0 bridgehead atoms. The largest absolute Gasteiger partial charge is 0.402 e. The van der Waals surface area contributed by atoms with E-state index in [1.165, 1.54) is 18.2 Å². The van der Waals surface area contributed by atoms with Gasteiger partial charge in [0.2, 0.25) is 5.90 Å². The normalized spacial score (nSPS) is 16.0. The van der Waals surface area contributed by atoms with Crippen LogP contribution in [0, 0.1) is 5.82 Å². The molecule has 0 saturated heterocycles. The Kier molecular flexibility index (Phi) is 3.54. The lowest BCUT2D eigenvalue weighted by Gasteiger charge is -1.99. The number of esters is 1. The number of halogens is 2. The fourth-order valence-electron chi connectivity index (χ4n) is 1.90. The van der Waals surface area contributed by atoms with Crippen molar-refractivity contribution < 1.29 is 13.9 Å². The molecule has 0 aliphatic carbocycles. The van der Waals surface area contributed by atoms with Gasteiger partial charge in [0.1, 0.15) is 5.82 Å². The molecule has 0 atom stereocenters. The molecular formula is C16H9ClFNO2. The first kappa shape index (κ1) is 13.5. The lowest BCUT2D eigenvalue weighted by Crippen LogP contribution is -2.05. The van der Waals surface area contributed by atoms with E-state index in [9.17, 15) is 9.18 Å². The van der Waals surface area contributed by atoms with Crippen molar-refractivity contribution in [2.75, 3.05) is 0 Å². The maximum atomic E-state index is 13.7. The van der Waals surface area contributed by atoms with E-state index in [0.29, 0.717) is 5.56 Å². The number of hydrogen-bond acceptors (Lipinski definition) is 3. The van der Waals surface area contributed by atoms with Gasteiger partial charge in [0.25, 0.3) is 0 Å². The third-order valence-electron chi connectivity index (χ3n) is 2.92. The maximum absolute atomic E-state index is 13.7. The summed E-state index contributed by atoms with van der Waals surface area (Å²) in [7, 11) is 0. The van der Waals surface area contributed by atoms with Crippen LogP contribution in [-0.4, -0.2) is 11.9 Å². The zero-order chi connectivity index (χ0) is 14.8. The second-order valence-electron chi connectivity index (χ2n) is 4.34. The van der Waals surface area contributed by atoms with E-state index in [1.807, 2.05) is 6.07 Å². The summed E-state index contributed by atoms with van der Waals surface area (Å²) in [6.45, 7) is 0. The van der Waals surface area contributed by atoms with Gasteiger partial charge in [0, 0.05) is 11.1 Å². The minimum atomic E-state index is -0.631. The zero-order valence-electron chi connectivity index (χ0n) is 10.7. The highest BCUT2D eigenvalue weighted by Crippen LogP contribution is 2.25. The molecule has 1 aliphatic rings. The van der Waals surface area contributed by atoms with Gasteiger partial charge < -0.3 is 4.74 Å². The Morgan fingerprint density at radius 1 is 1.10 bits per heavy atom. The number of aliphatic imine (C=N–C) groups is 1. The molecule has 5 heteroatoms. The Bertz CT molecular complexity index is 749. The first-order valence-corrected chi connectivity index (χ1v) is 6.55. The Morgan fingerprint density at radius 3 is 2.57 bits per heavy atom. The molecule has 2 aromatic carbocycles. The smallest absolute Gasteiger partial charge is 0.363 e. The van der Waals surface area contributed by atoms with Crippen molar-refractivity contribution in [1.29, 1.82) is 0 Å².